The van der Waals surface area contributed by atoms with E-state index in [2.05, 4.69) is 16.5 Å². The number of thiophene rings is 1. The molecule has 0 saturated carbocycles. The van der Waals surface area contributed by atoms with Crippen LogP contribution in [0.4, 0.5) is 0 Å². The number of carbonyl (C=O) groups is 1. The Morgan fingerprint density at radius 3 is 2.93 bits per heavy atom. The van der Waals surface area contributed by atoms with Crippen molar-refractivity contribution in [2.45, 2.75) is 33.4 Å². The van der Waals surface area contributed by atoms with Crippen LogP contribution in [0.25, 0.3) is 6.08 Å². The molecule has 1 aromatic carbocycles. The van der Waals surface area contributed by atoms with Gasteiger partial charge in [-0.3, -0.25) is 9.48 Å². The number of aromatic nitrogens is 2. The number of aryl methyl sites for hydroxylation is 1. The van der Waals surface area contributed by atoms with Crippen molar-refractivity contribution in [2.75, 3.05) is 6.54 Å². The summed E-state index contributed by atoms with van der Waals surface area (Å²) in [6.45, 7) is 6.09. The first-order valence-corrected chi connectivity index (χ1v) is 10.6. The molecule has 6 heteroatoms. The molecule has 1 aliphatic heterocycles. The third-order valence-electron chi connectivity index (χ3n) is 5.23. The molecular formula is C22H22ClN3OS. The summed E-state index contributed by atoms with van der Waals surface area (Å²) < 4.78 is 1.94. The number of fused-ring (bicyclic) bond motifs is 1. The first-order chi connectivity index (χ1) is 13.5. The van der Waals surface area contributed by atoms with Crippen molar-refractivity contribution in [3.05, 3.63) is 79.8 Å². The Hall–Kier alpha value is -2.37. The summed E-state index contributed by atoms with van der Waals surface area (Å²) in [5, 5.41) is 7.49. The predicted molar refractivity (Wildman–Crippen MR) is 115 cm³/mol. The molecular weight excluding hydrogens is 390 g/mol. The molecule has 1 aliphatic rings. The number of rotatable bonds is 4. The van der Waals surface area contributed by atoms with Crippen LogP contribution in [0.2, 0.25) is 5.02 Å². The molecule has 4 rings (SSSR count). The van der Waals surface area contributed by atoms with E-state index in [9.17, 15) is 4.79 Å². The van der Waals surface area contributed by atoms with Gasteiger partial charge in [-0.15, -0.1) is 11.3 Å². The van der Waals surface area contributed by atoms with Crippen molar-refractivity contribution in [2.24, 2.45) is 0 Å². The van der Waals surface area contributed by atoms with Gasteiger partial charge in [0.2, 0.25) is 5.91 Å². The fourth-order valence-electron chi connectivity index (χ4n) is 3.59. The van der Waals surface area contributed by atoms with Crippen LogP contribution in [0.5, 0.6) is 0 Å². The van der Waals surface area contributed by atoms with E-state index in [1.165, 1.54) is 10.4 Å². The van der Waals surface area contributed by atoms with E-state index in [0.717, 1.165) is 40.5 Å². The Morgan fingerprint density at radius 2 is 2.11 bits per heavy atom. The Kier molecular flexibility index (Phi) is 5.38. The van der Waals surface area contributed by atoms with Crippen LogP contribution in [0, 0.1) is 13.8 Å². The second kappa shape index (κ2) is 7.94. The molecule has 4 nitrogen and oxygen atoms in total. The molecule has 3 heterocycles. The van der Waals surface area contributed by atoms with Crippen LogP contribution in [-0.4, -0.2) is 27.1 Å². The molecule has 0 bridgehead atoms. The van der Waals surface area contributed by atoms with Gasteiger partial charge < -0.3 is 4.90 Å². The van der Waals surface area contributed by atoms with Crippen LogP contribution in [0.3, 0.4) is 0 Å². The second-order valence-electron chi connectivity index (χ2n) is 7.05. The van der Waals surface area contributed by atoms with Crippen molar-refractivity contribution in [1.29, 1.82) is 0 Å². The number of hydrogen-bond donors (Lipinski definition) is 0. The summed E-state index contributed by atoms with van der Waals surface area (Å²) in [5.41, 5.74) is 5.24. The third-order valence-corrected chi connectivity index (χ3v) is 6.62. The smallest absolute Gasteiger partial charge is 0.246 e. The van der Waals surface area contributed by atoms with E-state index < -0.39 is 0 Å². The molecule has 0 fully saturated rings. The summed E-state index contributed by atoms with van der Waals surface area (Å²) in [7, 11) is 0. The molecule has 0 spiro atoms. The summed E-state index contributed by atoms with van der Waals surface area (Å²) in [6.07, 6.45) is 4.51. The first-order valence-electron chi connectivity index (χ1n) is 9.32. The molecule has 0 atom stereocenters. The number of halogens is 1. The Morgan fingerprint density at radius 1 is 1.29 bits per heavy atom. The van der Waals surface area contributed by atoms with Gasteiger partial charge in [-0.25, -0.2) is 0 Å². The Labute approximate surface area is 174 Å². The zero-order valence-corrected chi connectivity index (χ0v) is 17.6. The van der Waals surface area contributed by atoms with E-state index >= 15 is 0 Å². The van der Waals surface area contributed by atoms with E-state index in [0.29, 0.717) is 13.1 Å². The number of carbonyl (C=O) groups excluding carboxylic acids is 1. The minimum Gasteiger partial charge on any atom is -0.334 e. The quantitative estimate of drug-likeness (QED) is 0.575. The van der Waals surface area contributed by atoms with Gasteiger partial charge in [0.1, 0.15) is 0 Å². The fraction of sp³-hybridized carbons (Fsp3) is 0.273. The molecule has 1 amide bonds. The molecule has 0 radical (unpaired) electrons. The first kappa shape index (κ1) is 19.0. The molecule has 3 aromatic rings. The van der Waals surface area contributed by atoms with Crippen molar-refractivity contribution >= 4 is 34.9 Å². The Balaban J connectivity index is 1.50. The van der Waals surface area contributed by atoms with E-state index in [-0.39, 0.29) is 5.91 Å². The van der Waals surface area contributed by atoms with E-state index in [1.54, 1.807) is 17.4 Å². The van der Waals surface area contributed by atoms with Gasteiger partial charge >= 0.3 is 0 Å². The largest absolute Gasteiger partial charge is 0.334 e. The van der Waals surface area contributed by atoms with Crippen molar-refractivity contribution in [3.8, 4) is 0 Å². The number of nitrogens with zero attached hydrogens (tertiary/aromatic N) is 3. The van der Waals surface area contributed by atoms with Crippen LogP contribution in [-0.2, 0) is 24.3 Å². The van der Waals surface area contributed by atoms with Crippen LogP contribution >= 0.6 is 22.9 Å². The van der Waals surface area contributed by atoms with Crippen LogP contribution in [0.15, 0.2) is 41.8 Å². The van der Waals surface area contributed by atoms with Crippen molar-refractivity contribution < 1.29 is 4.79 Å². The third kappa shape index (κ3) is 3.77. The van der Waals surface area contributed by atoms with Crippen LogP contribution in [0.1, 0.15) is 33.0 Å². The Bertz CT molecular complexity index is 1050. The van der Waals surface area contributed by atoms with E-state index in [1.807, 2.05) is 53.8 Å². The highest BCUT2D eigenvalue weighted by atomic mass is 35.5. The number of amides is 1. The maximum atomic E-state index is 12.7. The molecule has 28 heavy (non-hydrogen) atoms. The standard InChI is InChI=1S/C22H22ClN3OS/c1-15-19(16(2)26(24-15)14-17-5-3-4-6-20(17)23)7-8-22(27)25-11-9-21-18(13-25)10-12-28-21/h3-8,10,12H,9,11,13-14H2,1-2H3/b8-7+. The number of benzene rings is 1. The fourth-order valence-corrected chi connectivity index (χ4v) is 4.68. The summed E-state index contributed by atoms with van der Waals surface area (Å²) in [5.74, 6) is 0.0505. The second-order valence-corrected chi connectivity index (χ2v) is 8.45. The summed E-state index contributed by atoms with van der Waals surface area (Å²) in [4.78, 5) is 16.0. The zero-order chi connectivity index (χ0) is 19.7. The highest BCUT2D eigenvalue weighted by molar-refractivity contribution is 7.10. The maximum absolute atomic E-state index is 12.7. The molecule has 0 aliphatic carbocycles. The lowest BCUT2D eigenvalue weighted by atomic mass is 10.1. The van der Waals surface area contributed by atoms with Gasteiger partial charge in [-0.2, -0.15) is 5.10 Å². The molecule has 144 valence electrons. The predicted octanol–water partition coefficient (Wildman–Crippen LogP) is 4.86. The highest BCUT2D eigenvalue weighted by Crippen LogP contribution is 2.25. The lowest BCUT2D eigenvalue weighted by molar-refractivity contribution is -0.126. The topological polar surface area (TPSA) is 38.1 Å². The highest BCUT2D eigenvalue weighted by Gasteiger charge is 2.20. The minimum atomic E-state index is 0.0505. The average Bonchev–Trinajstić information content (AvgIpc) is 3.26. The van der Waals surface area contributed by atoms with Gasteiger partial charge in [-0.05, 0) is 55.0 Å². The van der Waals surface area contributed by atoms with Gasteiger partial charge in [-0.1, -0.05) is 29.8 Å². The maximum Gasteiger partial charge on any atom is 0.246 e. The molecule has 0 unspecified atom stereocenters. The average molecular weight is 412 g/mol. The van der Waals surface area contributed by atoms with Crippen molar-refractivity contribution in [3.63, 3.8) is 0 Å². The van der Waals surface area contributed by atoms with E-state index in [4.69, 9.17) is 11.6 Å². The molecule has 0 N–H and O–H groups in total. The monoisotopic (exact) mass is 411 g/mol. The van der Waals surface area contributed by atoms with Crippen LogP contribution < -0.4 is 0 Å². The van der Waals surface area contributed by atoms with Gasteiger partial charge in [0.15, 0.2) is 0 Å². The zero-order valence-electron chi connectivity index (χ0n) is 16.0. The molecule has 0 saturated heterocycles. The van der Waals surface area contributed by atoms with Gasteiger partial charge in [0.05, 0.1) is 12.2 Å². The summed E-state index contributed by atoms with van der Waals surface area (Å²) in [6, 6.07) is 9.92. The van der Waals surface area contributed by atoms with Gasteiger partial charge in [0, 0.05) is 40.3 Å². The lowest BCUT2D eigenvalue weighted by Gasteiger charge is -2.25. The lowest BCUT2D eigenvalue weighted by Crippen LogP contribution is -2.34. The molecule has 2 aromatic heterocycles. The minimum absolute atomic E-state index is 0.0505. The normalized spacial score (nSPS) is 13.9. The summed E-state index contributed by atoms with van der Waals surface area (Å²) >= 11 is 8.07. The number of hydrogen-bond acceptors (Lipinski definition) is 3. The SMILES string of the molecule is Cc1nn(Cc2ccccc2Cl)c(C)c1/C=C/C(=O)N1CCc2sccc2C1. The van der Waals surface area contributed by atoms with Crippen molar-refractivity contribution in [1.82, 2.24) is 14.7 Å². The van der Waals surface area contributed by atoms with Gasteiger partial charge in [0.25, 0.3) is 0 Å².